The third kappa shape index (κ3) is 4.94. The zero-order chi connectivity index (χ0) is 11.1. The van der Waals surface area contributed by atoms with E-state index in [-0.39, 0.29) is 6.61 Å². The van der Waals surface area contributed by atoms with Crippen LogP contribution in [-0.4, -0.2) is 42.8 Å². The Bertz CT molecular complexity index is 193. The van der Waals surface area contributed by atoms with Crippen LogP contribution in [0.15, 0.2) is 0 Å². The first-order valence-corrected chi connectivity index (χ1v) is 5.42. The monoisotopic (exact) mass is 217 g/mol. The van der Waals surface area contributed by atoms with Gasteiger partial charge in [-0.15, -0.1) is 10.1 Å². The molecular formula is C9H19N3O3. The molecule has 1 fully saturated rings. The summed E-state index contributed by atoms with van der Waals surface area (Å²) in [5.41, 5.74) is 5.47. The van der Waals surface area contributed by atoms with E-state index in [1.165, 1.54) is 0 Å². The Labute approximate surface area is 89.5 Å². The number of hydrogen-bond acceptors (Lipinski definition) is 5. The van der Waals surface area contributed by atoms with Gasteiger partial charge in [-0.05, 0) is 38.3 Å². The molecule has 0 radical (unpaired) electrons. The maximum atomic E-state index is 9.94. The smallest absolute Gasteiger partial charge is 0.294 e. The summed E-state index contributed by atoms with van der Waals surface area (Å²) in [6, 6.07) is 0. The van der Waals surface area contributed by atoms with Gasteiger partial charge in [0.2, 0.25) is 0 Å². The van der Waals surface area contributed by atoms with E-state index in [1.807, 2.05) is 0 Å². The van der Waals surface area contributed by atoms with Crippen molar-refractivity contribution in [3.05, 3.63) is 10.1 Å². The quantitative estimate of drug-likeness (QED) is 0.509. The average Bonchev–Trinajstić information content (AvgIpc) is 2.20. The van der Waals surface area contributed by atoms with Gasteiger partial charge in [0.25, 0.3) is 5.09 Å². The number of hydrogen-bond donors (Lipinski definition) is 1. The van der Waals surface area contributed by atoms with Gasteiger partial charge in [-0.2, -0.15) is 0 Å². The van der Waals surface area contributed by atoms with E-state index in [0.717, 1.165) is 38.9 Å². The predicted octanol–water partition coefficient (Wildman–Crippen LogP) is 0.255. The van der Waals surface area contributed by atoms with Gasteiger partial charge in [0.1, 0.15) is 0 Å². The Balaban J connectivity index is 2.06. The molecule has 0 amide bonds. The molecule has 6 nitrogen and oxygen atoms in total. The maximum Gasteiger partial charge on any atom is 0.294 e. The van der Waals surface area contributed by atoms with Crippen LogP contribution in [0.2, 0.25) is 0 Å². The van der Waals surface area contributed by atoms with Crippen molar-refractivity contribution in [3.8, 4) is 0 Å². The Morgan fingerprint density at radius 1 is 1.47 bits per heavy atom. The topological polar surface area (TPSA) is 81.6 Å². The molecule has 1 saturated heterocycles. The van der Waals surface area contributed by atoms with Gasteiger partial charge in [0.05, 0.1) is 6.61 Å². The molecule has 15 heavy (non-hydrogen) atoms. The molecule has 0 aromatic carbocycles. The van der Waals surface area contributed by atoms with Crippen molar-refractivity contribution in [3.63, 3.8) is 0 Å². The van der Waals surface area contributed by atoms with Crippen molar-refractivity contribution in [1.29, 1.82) is 0 Å². The third-order valence-corrected chi connectivity index (χ3v) is 2.88. The van der Waals surface area contributed by atoms with Crippen LogP contribution in [0.3, 0.4) is 0 Å². The number of likely N-dealkylation sites (tertiary alicyclic amines) is 1. The SMILES string of the molecule is NCCN1CCC(CCO[N+](=O)[O-])CC1. The molecule has 1 heterocycles. The lowest BCUT2D eigenvalue weighted by Gasteiger charge is -2.31. The van der Waals surface area contributed by atoms with Gasteiger partial charge in [-0.3, -0.25) is 0 Å². The summed E-state index contributed by atoms with van der Waals surface area (Å²) >= 11 is 0. The molecule has 1 aliphatic heterocycles. The zero-order valence-corrected chi connectivity index (χ0v) is 8.93. The van der Waals surface area contributed by atoms with Gasteiger partial charge in [-0.25, -0.2) is 0 Å². The van der Waals surface area contributed by atoms with Crippen LogP contribution in [0.1, 0.15) is 19.3 Å². The zero-order valence-electron chi connectivity index (χ0n) is 8.93. The van der Waals surface area contributed by atoms with E-state index >= 15 is 0 Å². The van der Waals surface area contributed by atoms with E-state index < -0.39 is 5.09 Å². The van der Waals surface area contributed by atoms with Crippen molar-refractivity contribution in [2.75, 3.05) is 32.8 Å². The van der Waals surface area contributed by atoms with Gasteiger partial charge < -0.3 is 15.5 Å². The van der Waals surface area contributed by atoms with Crippen LogP contribution in [0, 0.1) is 16.0 Å². The Kier molecular flexibility index (Phi) is 5.34. The van der Waals surface area contributed by atoms with Gasteiger partial charge >= 0.3 is 0 Å². The number of rotatable bonds is 6. The summed E-state index contributed by atoms with van der Waals surface area (Å²) in [6.07, 6.45) is 2.99. The summed E-state index contributed by atoms with van der Waals surface area (Å²) in [6.45, 7) is 4.00. The first kappa shape index (κ1) is 12.2. The molecule has 0 aromatic heterocycles. The van der Waals surface area contributed by atoms with E-state index in [4.69, 9.17) is 5.73 Å². The van der Waals surface area contributed by atoms with Crippen LogP contribution < -0.4 is 5.73 Å². The summed E-state index contributed by atoms with van der Waals surface area (Å²) in [4.78, 5) is 16.6. The highest BCUT2D eigenvalue weighted by Crippen LogP contribution is 2.19. The lowest BCUT2D eigenvalue weighted by molar-refractivity contribution is -0.758. The lowest BCUT2D eigenvalue weighted by Crippen LogP contribution is -2.37. The second-order valence-electron chi connectivity index (χ2n) is 3.92. The molecule has 88 valence electrons. The fourth-order valence-electron chi connectivity index (χ4n) is 1.98. The van der Waals surface area contributed by atoms with Gasteiger partial charge in [-0.1, -0.05) is 0 Å². The minimum atomic E-state index is -0.719. The third-order valence-electron chi connectivity index (χ3n) is 2.88. The van der Waals surface area contributed by atoms with Gasteiger partial charge in [0.15, 0.2) is 0 Å². The number of piperidine rings is 1. The largest absolute Gasteiger partial charge is 0.329 e. The molecule has 0 unspecified atom stereocenters. The first-order valence-electron chi connectivity index (χ1n) is 5.42. The molecule has 0 atom stereocenters. The average molecular weight is 217 g/mol. The normalized spacial score (nSPS) is 19.0. The molecule has 6 heteroatoms. The molecule has 0 aliphatic carbocycles. The predicted molar refractivity (Wildman–Crippen MR) is 55.8 cm³/mol. The summed E-state index contributed by atoms with van der Waals surface area (Å²) in [5.74, 6) is 0.568. The summed E-state index contributed by atoms with van der Waals surface area (Å²) < 4.78 is 0. The molecule has 0 aromatic rings. The fraction of sp³-hybridized carbons (Fsp3) is 1.00. The molecule has 0 saturated carbocycles. The van der Waals surface area contributed by atoms with Crippen molar-refractivity contribution >= 4 is 0 Å². The highest BCUT2D eigenvalue weighted by Gasteiger charge is 2.18. The minimum Gasteiger partial charge on any atom is -0.329 e. The second kappa shape index (κ2) is 6.58. The number of nitrogens with zero attached hydrogens (tertiary/aromatic N) is 2. The van der Waals surface area contributed by atoms with Crippen LogP contribution in [0.5, 0.6) is 0 Å². The van der Waals surface area contributed by atoms with Gasteiger partial charge in [0, 0.05) is 13.1 Å². The van der Waals surface area contributed by atoms with Crippen LogP contribution >= 0.6 is 0 Å². The molecule has 1 aliphatic rings. The first-order chi connectivity index (χ1) is 7.22. The molecule has 0 spiro atoms. The Hall–Kier alpha value is -0.880. The summed E-state index contributed by atoms with van der Waals surface area (Å²) in [5, 5.41) is 9.22. The Morgan fingerprint density at radius 3 is 2.67 bits per heavy atom. The summed E-state index contributed by atoms with van der Waals surface area (Å²) in [7, 11) is 0. The fourth-order valence-corrected chi connectivity index (χ4v) is 1.98. The second-order valence-corrected chi connectivity index (χ2v) is 3.92. The molecule has 2 N–H and O–H groups in total. The van der Waals surface area contributed by atoms with Crippen LogP contribution in [-0.2, 0) is 4.84 Å². The maximum absolute atomic E-state index is 9.94. The van der Waals surface area contributed by atoms with Crippen LogP contribution in [0.4, 0.5) is 0 Å². The number of nitrogens with two attached hydrogens (primary N) is 1. The van der Waals surface area contributed by atoms with Crippen molar-refractivity contribution in [1.82, 2.24) is 4.90 Å². The van der Waals surface area contributed by atoms with E-state index in [9.17, 15) is 10.1 Å². The minimum absolute atomic E-state index is 0.231. The van der Waals surface area contributed by atoms with E-state index in [2.05, 4.69) is 9.74 Å². The van der Waals surface area contributed by atoms with E-state index in [1.54, 1.807) is 0 Å². The van der Waals surface area contributed by atoms with Crippen molar-refractivity contribution < 1.29 is 9.92 Å². The van der Waals surface area contributed by atoms with E-state index in [0.29, 0.717) is 12.5 Å². The Morgan fingerprint density at radius 2 is 2.13 bits per heavy atom. The molecule has 1 rings (SSSR count). The molecule has 0 bridgehead atoms. The highest BCUT2D eigenvalue weighted by atomic mass is 16.9. The van der Waals surface area contributed by atoms with Crippen molar-refractivity contribution in [2.45, 2.75) is 19.3 Å². The highest BCUT2D eigenvalue weighted by molar-refractivity contribution is 4.72. The van der Waals surface area contributed by atoms with Crippen molar-refractivity contribution in [2.24, 2.45) is 11.7 Å². The molecular weight excluding hydrogens is 198 g/mol. The van der Waals surface area contributed by atoms with Crippen LogP contribution in [0.25, 0.3) is 0 Å². The lowest BCUT2D eigenvalue weighted by atomic mass is 9.94. The standard InChI is InChI=1S/C9H19N3O3/c10-4-7-11-5-1-9(2-6-11)3-8-15-12(13)14/h9H,1-8,10H2.